The van der Waals surface area contributed by atoms with Crippen LogP contribution in [-0.4, -0.2) is 15.7 Å². The molecule has 0 spiro atoms. The molecule has 116 valence electrons. The average Bonchev–Trinajstić information content (AvgIpc) is 2.99. The molecule has 0 saturated carbocycles. The number of hydrogen-bond acceptors (Lipinski definition) is 3. The third-order valence-electron chi connectivity index (χ3n) is 3.36. The fraction of sp³-hybridized carbons (Fsp3) is 0.111. The van der Waals surface area contributed by atoms with Crippen molar-refractivity contribution in [2.24, 2.45) is 7.05 Å². The molecule has 5 nitrogen and oxygen atoms in total. The maximum absolute atomic E-state index is 12.5. The number of aryl methyl sites for hydroxylation is 1. The molecule has 1 N–H and O–H groups in total. The number of nitrogens with zero attached hydrogens (tertiary/aromatic N) is 2. The van der Waals surface area contributed by atoms with E-state index in [1.54, 1.807) is 30.2 Å². The van der Waals surface area contributed by atoms with Crippen LogP contribution in [0.2, 0.25) is 0 Å². The quantitative estimate of drug-likeness (QED) is 0.787. The Morgan fingerprint density at radius 1 is 1.13 bits per heavy atom. The molecule has 3 aromatic rings. The number of rotatable bonds is 5. The molecule has 0 aliphatic heterocycles. The second kappa shape index (κ2) is 6.79. The van der Waals surface area contributed by atoms with Crippen molar-refractivity contribution in [3.05, 3.63) is 78.1 Å². The maximum atomic E-state index is 12.5. The van der Waals surface area contributed by atoms with Crippen LogP contribution < -0.4 is 10.1 Å². The van der Waals surface area contributed by atoms with Gasteiger partial charge in [-0.25, -0.2) is 0 Å². The lowest BCUT2D eigenvalue weighted by atomic mass is 10.1. The Morgan fingerprint density at radius 2 is 1.87 bits per heavy atom. The first-order valence-electron chi connectivity index (χ1n) is 7.28. The molecule has 5 heteroatoms. The van der Waals surface area contributed by atoms with Gasteiger partial charge < -0.3 is 10.1 Å². The van der Waals surface area contributed by atoms with Crippen molar-refractivity contribution < 1.29 is 9.53 Å². The van der Waals surface area contributed by atoms with Gasteiger partial charge in [0.25, 0.3) is 5.91 Å². The number of hydrogen-bond donors (Lipinski definition) is 1. The van der Waals surface area contributed by atoms with Crippen LogP contribution in [0.25, 0.3) is 0 Å². The Morgan fingerprint density at radius 3 is 2.61 bits per heavy atom. The van der Waals surface area contributed by atoms with Crippen LogP contribution >= 0.6 is 0 Å². The number of carbonyl (C=O) groups is 1. The molecule has 3 rings (SSSR count). The van der Waals surface area contributed by atoms with E-state index in [0.29, 0.717) is 17.9 Å². The van der Waals surface area contributed by atoms with Gasteiger partial charge in [-0.1, -0.05) is 36.4 Å². The molecule has 0 aliphatic rings. The van der Waals surface area contributed by atoms with Gasteiger partial charge in [-0.05, 0) is 18.2 Å². The molecule has 1 aromatic heterocycles. The van der Waals surface area contributed by atoms with E-state index >= 15 is 0 Å². The Hall–Kier alpha value is -3.08. The fourth-order valence-corrected chi connectivity index (χ4v) is 2.23. The Kier molecular flexibility index (Phi) is 4.38. The van der Waals surface area contributed by atoms with E-state index in [4.69, 9.17) is 4.74 Å². The Balaban J connectivity index is 1.73. The van der Waals surface area contributed by atoms with Crippen LogP contribution in [0.15, 0.2) is 67.0 Å². The third kappa shape index (κ3) is 3.77. The summed E-state index contributed by atoms with van der Waals surface area (Å²) >= 11 is 0. The zero-order valence-corrected chi connectivity index (χ0v) is 12.8. The highest BCUT2D eigenvalue weighted by Gasteiger charge is 2.12. The van der Waals surface area contributed by atoms with Gasteiger partial charge in [0.1, 0.15) is 12.4 Å². The average molecular weight is 307 g/mol. The molecule has 1 heterocycles. The topological polar surface area (TPSA) is 56.2 Å². The Labute approximate surface area is 134 Å². The fourth-order valence-electron chi connectivity index (χ4n) is 2.23. The zero-order chi connectivity index (χ0) is 16.1. The largest absolute Gasteiger partial charge is 0.489 e. The van der Waals surface area contributed by atoms with Crippen LogP contribution in [-0.2, 0) is 13.7 Å². The molecular formula is C18H17N3O2. The van der Waals surface area contributed by atoms with Crippen molar-refractivity contribution in [3.63, 3.8) is 0 Å². The van der Waals surface area contributed by atoms with Crippen LogP contribution in [0.5, 0.6) is 5.75 Å². The normalized spacial score (nSPS) is 10.3. The minimum absolute atomic E-state index is 0.176. The van der Waals surface area contributed by atoms with Crippen molar-refractivity contribution in [2.75, 3.05) is 5.32 Å². The Bertz CT molecular complexity index is 797. The summed E-state index contributed by atoms with van der Waals surface area (Å²) in [7, 11) is 1.80. The van der Waals surface area contributed by atoms with Crippen LogP contribution in [0.3, 0.4) is 0 Å². The van der Waals surface area contributed by atoms with Crippen molar-refractivity contribution in [3.8, 4) is 5.75 Å². The predicted molar refractivity (Wildman–Crippen MR) is 88.4 cm³/mol. The molecule has 0 fully saturated rings. The summed E-state index contributed by atoms with van der Waals surface area (Å²) in [5, 5.41) is 6.88. The van der Waals surface area contributed by atoms with Crippen LogP contribution in [0.4, 0.5) is 5.69 Å². The summed E-state index contributed by atoms with van der Waals surface area (Å²) in [6.07, 6.45) is 3.36. The summed E-state index contributed by atoms with van der Waals surface area (Å²) in [5.41, 5.74) is 2.08. The second-order valence-electron chi connectivity index (χ2n) is 5.12. The summed E-state index contributed by atoms with van der Waals surface area (Å²) in [5.74, 6) is 0.597. The first kappa shape index (κ1) is 14.8. The smallest absolute Gasteiger partial charge is 0.256 e. The minimum Gasteiger partial charge on any atom is -0.489 e. The lowest BCUT2D eigenvalue weighted by molar-refractivity contribution is 0.102. The van der Waals surface area contributed by atoms with E-state index in [-0.39, 0.29) is 5.91 Å². The number of ether oxygens (including phenoxy) is 1. The highest BCUT2D eigenvalue weighted by Crippen LogP contribution is 2.16. The maximum Gasteiger partial charge on any atom is 0.256 e. The van der Waals surface area contributed by atoms with E-state index in [0.717, 1.165) is 11.3 Å². The molecule has 1 amide bonds. The number of carbonyl (C=O) groups excluding carboxylic acids is 1. The number of benzene rings is 2. The molecule has 0 radical (unpaired) electrons. The second-order valence-corrected chi connectivity index (χ2v) is 5.12. The highest BCUT2D eigenvalue weighted by atomic mass is 16.5. The molecule has 0 atom stereocenters. The molecule has 0 saturated heterocycles. The molecule has 2 aromatic carbocycles. The van der Waals surface area contributed by atoms with Crippen molar-refractivity contribution >= 4 is 11.6 Å². The lowest BCUT2D eigenvalue weighted by Gasteiger charge is -2.10. The first-order chi connectivity index (χ1) is 11.2. The highest BCUT2D eigenvalue weighted by molar-refractivity contribution is 6.05. The molecular weight excluding hydrogens is 290 g/mol. The van der Waals surface area contributed by atoms with E-state index in [2.05, 4.69) is 10.4 Å². The lowest BCUT2D eigenvalue weighted by Crippen LogP contribution is -2.14. The van der Waals surface area contributed by atoms with Crippen LogP contribution in [0.1, 0.15) is 15.9 Å². The minimum atomic E-state index is -0.176. The van der Waals surface area contributed by atoms with Crippen LogP contribution in [0, 0.1) is 0 Å². The molecule has 0 bridgehead atoms. The predicted octanol–water partition coefficient (Wildman–Crippen LogP) is 3.25. The van der Waals surface area contributed by atoms with E-state index in [1.165, 1.54) is 0 Å². The number of aromatic nitrogens is 2. The van der Waals surface area contributed by atoms with Gasteiger partial charge in [0.2, 0.25) is 0 Å². The third-order valence-corrected chi connectivity index (χ3v) is 3.36. The van der Waals surface area contributed by atoms with Gasteiger partial charge >= 0.3 is 0 Å². The van der Waals surface area contributed by atoms with Gasteiger partial charge in [-0.3, -0.25) is 9.48 Å². The molecule has 0 unspecified atom stereocenters. The number of nitrogens with one attached hydrogen (secondary N) is 1. The van der Waals surface area contributed by atoms with Crippen molar-refractivity contribution in [1.82, 2.24) is 9.78 Å². The van der Waals surface area contributed by atoms with Gasteiger partial charge in [0, 0.05) is 24.4 Å². The van der Waals surface area contributed by atoms with Crippen molar-refractivity contribution in [1.29, 1.82) is 0 Å². The van der Waals surface area contributed by atoms with Crippen molar-refractivity contribution in [2.45, 2.75) is 6.61 Å². The first-order valence-corrected chi connectivity index (χ1v) is 7.28. The van der Waals surface area contributed by atoms with E-state index < -0.39 is 0 Å². The zero-order valence-electron chi connectivity index (χ0n) is 12.8. The van der Waals surface area contributed by atoms with Gasteiger partial charge in [-0.2, -0.15) is 5.10 Å². The number of anilines is 1. The SMILES string of the molecule is Cn1cc(NC(=O)c2ccccc2COc2ccccc2)cn1. The summed E-state index contributed by atoms with van der Waals surface area (Å²) in [6.45, 7) is 0.334. The summed E-state index contributed by atoms with van der Waals surface area (Å²) in [4.78, 5) is 12.5. The number of amides is 1. The van der Waals surface area contributed by atoms with Gasteiger partial charge in [0.15, 0.2) is 0 Å². The van der Waals surface area contributed by atoms with Gasteiger partial charge in [-0.15, -0.1) is 0 Å². The molecule has 0 aliphatic carbocycles. The summed E-state index contributed by atoms with van der Waals surface area (Å²) in [6, 6.07) is 16.9. The van der Waals surface area contributed by atoms with E-state index in [9.17, 15) is 4.79 Å². The monoisotopic (exact) mass is 307 g/mol. The number of para-hydroxylation sites is 1. The summed E-state index contributed by atoms with van der Waals surface area (Å²) < 4.78 is 7.38. The molecule has 23 heavy (non-hydrogen) atoms. The standard InChI is InChI=1S/C18H17N3O2/c1-21-12-15(11-19-21)20-18(22)17-10-6-5-7-14(17)13-23-16-8-3-2-4-9-16/h2-12H,13H2,1H3,(H,20,22). The van der Waals surface area contributed by atoms with E-state index in [1.807, 2.05) is 48.5 Å². The van der Waals surface area contributed by atoms with Gasteiger partial charge in [0.05, 0.1) is 11.9 Å².